The van der Waals surface area contributed by atoms with E-state index in [9.17, 15) is 14.4 Å². The van der Waals surface area contributed by atoms with E-state index in [2.05, 4.69) is 37.9 Å². The van der Waals surface area contributed by atoms with Gasteiger partial charge in [0.05, 0.1) is 6.04 Å². The molecule has 1 aliphatic rings. The number of carbonyl (C=O) groups excluding carboxylic acids is 1. The maximum Gasteiger partial charge on any atom is 0.330 e. The molecule has 0 spiro atoms. The van der Waals surface area contributed by atoms with Crippen molar-refractivity contribution in [2.45, 2.75) is 114 Å². The molecule has 1 aliphatic heterocycles. The average Bonchev–Trinajstić information content (AvgIpc) is 3.23. The van der Waals surface area contributed by atoms with Crippen LogP contribution in [0.2, 0.25) is 0 Å². The standard InChI is InChI=1S/C24H38BrN5O5/c1-3-4-5-6-7-8-9-10-11-12-13-18(25)23(32)34-16-20-19(28-29-26)14-21(35-20)30-15-17(2)22(31)27-24(30)33/h15,18-21H,3-14,16H2,1-2H3,(H,27,31,33)/t18-,19-,20+,21+/m0/s1. The van der Waals surface area contributed by atoms with Crippen molar-refractivity contribution in [1.29, 1.82) is 0 Å². The lowest BCUT2D eigenvalue weighted by molar-refractivity contribution is -0.148. The van der Waals surface area contributed by atoms with E-state index in [1.807, 2.05) is 0 Å². The quantitative estimate of drug-likeness (QED) is 0.0722. The van der Waals surface area contributed by atoms with E-state index in [0.29, 0.717) is 12.0 Å². The van der Waals surface area contributed by atoms with Gasteiger partial charge in [-0.1, -0.05) is 92.2 Å². The molecule has 0 amide bonds. The zero-order valence-corrected chi connectivity index (χ0v) is 22.4. The highest BCUT2D eigenvalue weighted by molar-refractivity contribution is 9.10. The molecule has 2 rings (SSSR count). The minimum atomic E-state index is -0.733. The van der Waals surface area contributed by atoms with Gasteiger partial charge < -0.3 is 9.47 Å². The summed E-state index contributed by atoms with van der Waals surface area (Å²) in [6.07, 6.45) is 13.2. The van der Waals surface area contributed by atoms with Crippen LogP contribution < -0.4 is 11.2 Å². The van der Waals surface area contributed by atoms with Crippen LogP contribution in [0.25, 0.3) is 10.4 Å². The van der Waals surface area contributed by atoms with Gasteiger partial charge >= 0.3 is 11.7 Å². The van der Waals surface area contributed by atoms with Gasteiger partial charge in [-0.25, -0.2) is 4.79 Å². The Kier molecular flexibility index (Phi) is 13.2. The third-order valence-electron chi connectivity index (χ3n) is 6.32. The first kappa shape index (κ1) is 29.1. The van der Waals surface area contributed by atoms with Crippen LogP contribution in [0.4, 0.5) is 0 Å². The number of esters is 1. The van der Waals surface area contributed by atoms with E-state index >= 15 is 0 Å². The number of nitrogens with one attached hydrogen (secondary N) is 1. The molecule has 0 aromatic carbocycles. The van der Waals surface area contributed by atoms with E-state index in [1.54, 1.807) is 6.92 Å². The fourth-order valence-electron chi connectivity index (χ4n) is 4.21. The summed E-state index contributed by atoms with van der Waals surface area (Å²) in [5.41, 5.74) is 8.18. The molecule has 2 heterocycles. The Morgan fingerprint density at radius 3 is 2.49 bits per heavy atom. The predicted octanol–water partition coefficient (Wildman–Crippen LogP) is 5.43. The second-order valence-electron chi connectivity index (χ2n) is 9.18. The lowest BCUT2D eigenvalue weighted by Crippen LogP contribution is -2.33. The van der Waals surface area contributed by atoms with Crippen LogP contribution in [0.15, 0.2) is 20.9 Å². The monoisotopic (exact) mass is 555 g/mol. The van der Waals surface area contributed by atoms with Crippen LogP contribution in [-0.2, 0) is 14.3 Å². The molecule has 0 bridgehead atoms. The number of ether oxygens (including phenoxy) is 2. The van der Waals surface area contributed by atoms with Crippen LogP contribution in [0, 0.1) is 6.92 Å². The number of aryl methyl sites for hydroxylation is 1. The summed E-state index contributed by atoms with van der Waals surface area (Å²) in [5, 5.41) is 3.74. The van der Waals surface area contributed by atoms with Crippen molar-refractivity contribution in [3.8, 4) is 0 Å². The summed E-state index contributed by atoms with van der Waals surface area (Å²) in [6.45, 7) is 3.72. The van der Waals surface area contributed by atoms with Crippen LogP contribution in [0.3, 0.4) is 0 Å². The van der Waals surface area contributed by atoms with Crippen molar-refractivity contribution in [3.63, 3.8) is 0 Å². The van der Waals surface area contributed by atoms with Crippen molar-refractivity contribution >= 4 is 21.9 Å². The van der Waals surface area contributed by atoms with Gasteiger partial charge in [-0.05, 0) is 18.9 Å². The minimum absolute atomic E-state index is 0.0871. The fourth-order valence-corrected chi connectivity index (χ4v) is 4.66. The highest BCUT2D eigenvalue weighted by Crippen LogP contribution is 2.30. The van der Waals surface area contributed by atoms with Crippen molar-refractivity contribution < 1.29 is 14.3 Å². The number of aromatic amines is 1. The number of rotatable bonds is 16. The molecule has 0 unspecified atom stereocenters. The first-order valence-electron chi connectivity index (χ1n) is 12.7. The van der Waals surface area contributed by atoms with Crippen LogP contribution in [0.5, 0.6) is 0 Å². The molecule has 4 atom stereocenters. The zero-order chi connectivity index (χ0) is 25.6. The molecule has 35 heavy (non-hydrogen) atoms. The second kappa shape index (κ2) is 15.8. The largest absolute Gasteiger partial charge is 0.462 e. The summed E-state index contributed by atoms with van der Waals surface area (Å²) in [5.74, 6) is -0.385. The summed E-state index contributed by atoms with van der Waals surface area (Å²) in [7, 11) is 0. The van der Waals surface area contributed by atoms with Crippen molar-refractivity contribution in [2.75, 3.05) is 6.61 Å². The van der Waals surface area contributed by atoms with E-state index < -0.39 is 34.4 Å². The maximum absolute atomic E-state index is 12.4. The Balaban J connectivity index is 1.73. The number of azide groups is 1. The first-order valence-corrected chi connectivity index (χ1v) is 13.6. The van der Waals surface area contributed by atoms with Gasteiger partial charge in [0.2, 0.25) is 0 Å². The van der Waals surface area contributed by atoms with E-state index in [4.69, 9.17) is 15.0 Å². The van der Waals surface area contributed by atoms with Crippen molar-refractivity contribution in [3.05, 3.63) is 43.0 Å². The molecule has 196 valence electrons. The van der Waals surface area contributed by atoms with Crippen molar-refractivity contribution in [2.24, 2.45) is 5.11 Å². The molecule has 10 nitrogen and oxygen atoms in total. The smallest absolute Gasteiger partial charge is 0.330 e. The SMILES string of the molecule is CCCCCCCCCCCC[C@H](Br)C(=O)OC[C@H]1O[C@@H](n2cc(C)c(=O)[nH]c2=O)C[C@@H]1N=[N+]=[N-]. The molecule has 1 N–H and O–H groups in total. The number of H-pyrrole nitrogens is 1. The summed E-state index contributed by atoms with van der Waals surface area (Å²) in [6, 6.07) is -0.604. The van der Waals surface area contributed by atoms with Gasteiger partial charge in [0.1, 0.15) is 23.8 Å². The van der Waals surface area contributed by atoms with Gasteiger partial charge in [0.25, 0.3) is 5.56 Å². The normalized spacial score (nSPS) is 20.4. The third-order valence-corrected chi connectivity index (χ3v) is 7.15. The predicted molar refractivity (Wildman–Crippen MR) is 138 cm³/mol. The molecule has 0 saturated carbocycles. The topological polar surface area (TPSA) is 139 Å². The lowest BCUT2D eigenvalue weighted by Gasteiger charge is -2.18. The van der Waals surface area contributed by atoms with Crippen molar-refractivity contribution in [1.82, 2.24) is 9.55 Å². The zero-order valence-electron chi connectivity index (χ0n) is 20.8. The Labute approximate surface area is 214 Å². The molecule has 1 aromatic heterocycles. The number of hydrogen-bond acceptors (Lipinski definition) is 6. The molecule has 11 heteroatoms. The number of carbonyl (C=O) groups is 1. The Bertz CT molecular complexity index is 958. The fraction of sp³-hybridized carbons (Fsp3) is 0.792. The first-order chi connectivity index (χ1) is 16.9. The molecule has 0 aliphatic carbocycles. The Morgan fingerprint density at radius 2 is 1.86 bits per heavy atom. The molecule has 1 aromatic rings. The lowest BCUT2D eigenvalue weighted by atomic mass is 10.1. The average molecular weight is 557 g/mol. The number of unbranched alkanes of at least 4 members (excludes halogenated alkanes) is 9. The second-order valence-corrected chi connectivity index (χ2v) is 10.3. The highest BCUT2D eigenvalue weighted by atomic mass is 79.9. The molecule has 1 fully saturated rings. The number of nitrogens with zero attached hydrogens (tertiary/aromatic N) is 4. The maximum atomic E-state index is 12.4. The van der Waals surface area contributed by atoms with Gasteiger partial charge in [0, 0.05) is 23.1 Å². The number of hydrogen-bond donors (Lipinski definition) is 1. The van der Waals surface area contributed by atoms with E-state index in [1.165, 1.54) is 62.1 Å². The Hall–Kier alpha value is -2.10. The molecule has 0 radical (unpaired) electrons. The van der Waals surface area contributed by atoms with Gasteiger partial charge in [-0.2, -0.15) is 0 Å². The summed E-state index contributed by atoms with van der Waals surface area (Å²) in [4.78, 5) is 40.9. The highest BCUT2D eigenvalue weighted by Gasteiger charge is 2.37. The van der Waals surface area contributed by atoms with Gasteiger partial charge in [-0.3, -0.25) is 19.1 Å². The van der Waals surface area contributed by atoms with Gasteiger partial charge in [0.15, 0.2) is 0 Å². The molecule has 1 saturated heterocycles. The summed E-state index contributed by atoms with van der Waals surface area (Å²) >= 11 is 3.41. The minimum Gasteiger partial charge on any atom is -0.462 e. The Morgan fingerprint density at radius 1 is 1.23 bits per heavy atom. The van der Waals surface area contributed by atoms with E-state index in [-0.39, 0.29) is 19.0 Å². The van der Waals surface area contributed by atoms with E-state index in [0.717, 1.165) is 12.8 Å². The molecular weight excluding hydrogens is 518 g/mol. The third kappa shape index (κ3) is 9.82. The van der Waals surface area contributed by atoms with Crippen LogP contribution >= 0.6 is 15.9 Å². The van der Waals surface area contributed by atoms with Crippen LogP contribution in [0.1, 0.15) is 95.8 Å². The summed E-state index contributed by atoms with van der Waals surface area (Å²) < 4.78 is 12.6. The molecular formula is C24H38BrN5O5. The number of alkyl halides is 1. The van der Waals surface area contributed by atoms with Gasteiger partial charge in [-0.15, -0.1) is 0 Å². The number of aromatic nitrogens is 2. The number of halogens is 1. The van der Waals surface area contributed by atoms with Crippen LogP contribution in [-0.4, -0.2) is 39.1 Å².